The first-order chi connectivity index (χ1) is 9.33. The summed E-state index contributed by atoms with van der Waals surface area (Å²) in [6.07, 6.45) is 10.5. The molecule has 1 aliphatic rings. The first-order valence-electron chi connectivity index (χ1n) is 7.31. The number of nitrogens with one attached hydrogen (secondary N) is 1. The summed E-state index contributed by atoms with van der Waals surface area (Å²) in [6, 6.07) is 0. The van der Waals surface area contributed by atoms with Crippen molar-refractivity contribution < 1.29 is 5.11 Å². The highest BCUT2D eigenvalue weighted by molar-refractivity contribution is 5.75. The standard InChI is InChI=1S/C14H24N4O/c1-2-3-4-5-6-7-8-18-11-17-14-13(18)12(19)9-15-10-16-14/h10-12,19H,2-9H2,1H3,(H,15,16). The van der Waals surface area contributed by atoms with Gasteiger partial charge in [0.1, 0.15) is 6.10 Å². The number of unbranched alkanes of at least 4 members (excludes halogenated alkanes) is 5. The highest BCUT2D eigenvalue weighted by Crippen LogP contribution is 2.24. The zero-order valence-electron chi connectivity index (χ0n) is 11.7. The molecule has 5 heteroatoms. The van der Waals surface area contributed by atoms with E-state index >= 15 is 0 Å². The molecule has 0 spiro atoms. The molecule has 0 aliphatic carbocycles. The minimum atomic E-state index is -0.552. The second-order valence-corrected chi connectivity index (χ2v) is 5.09. The third-order valence-electron chi connectivity index (χ3n) is 3.52. The monoisotopic (exact) mass is 264 g/mol. The van der Waals surface area contributed by atoms with Crippen molar-refractivity contribution in [3.63, 3.8) is 0 Å². The van der Waals surface area contributed by atoms with Crippen LogP contribution in [0.4, 0.5) is 5.82 Å². The number of hydrogen-bond acceptors (Lipinski definition) is 4. The van der Waals surface area contributed by atoms with Gasteiger partial charge in [-0.15, -0.1) is 0 Å². The van der Waals surface area contributed by atoms with Crippen LogP contribution < -0.4 is 5.32 Å². The molecular weight excluding hydrogens is 240 g/mol. The first-order valence-corrected chi connectivity index (χ1v) is 7.31. The zero-order valence-corrected chi connectivity index (χ0v) is 11.7. The number of aliphatic hydroxyl groups is 1. The van der Waals surface area contributed by atoms with Gasteiger partial charge in [-0.05, 0) is 6.42 Å². The van der Waals surface area contributed by atoms with Gasteiger partial charge >= 0.3 is 0 Å². The fraction of sp³-hybridized carbons (Fsp3) is 0.714. The topological polar surface area (TPSA) is 62.4 Å². The van der Waals surface area contributed by atoms with Crippen LogP contribution in [-0.2, 0) is 6.54 Å². The molecule has 0 saturated carbocycles. The van der Waals surface area contributed by atoms with Gasteiger partial charge in [0.25, 0.3) is 0 Å². The molecule has 2 rings (SSSR count). The molecular formula is C14H24N4O. The fourth-order valence-corrected chi connectivity index (χ4v) is 2.44. The lowest BCUT2D eigenvalue weighted by atomic mass is 10.1. The molecule has 2 N–H and O–H groups in total. The molecule has 0 radical (unpaired) electrons. The molecule has 0 fully saturated rings. The number of aliphatic hydroxyl groups excluding tert-OH is 1. The van der Waals surface area contributed by atoms with Gasteiger partial charge in [-0.25, -0.2) is 4.98 Å². The first kappa shape index (κ1) is 14.1. The highest BCUT2D eigenvalue weighted by Gasteiger charge is 2.20. The van der Waals surface area contributed by atoms with Gasteiger partial charge in [0, 0.05) is 6.54 Å². The minimum absolute atomic E-state index is 0.405. The van der Waals surface area contributed by atoms with Crippen LogP contribution in [0.1, 0.15) is 57.2 Å². The highest BCUT2D eigenvalue weighted by atomic mass is 16.3. The van der Waals surface area contributed by atoms with Crippen molar-refractivity contribution in [2.75, 3.05) is 11.9 Å². The number of hydrogen-bond donors (Lipinski definition) is 2. The largest absolute Gasteiger partial charge is 0.385 e. The van der Waals surface area contributed by atoms with Crippen molar-refractivity contribution in [2.45, 2.75) is 58.1 Å². The van der Waals surface area contributed by atoms with Crippen molar-refractivity contribution in [1.29, 1.82) is 0 Å². The van der Waals surface area contributed by atoms with Gasteiger partial charge < -0.3 is 15.0 Å². The maximum absolute atomic E-state index is 10.1. The van der Waals surface area contributed by atoms with E-state index in [-0.39, 0.29) is 0 Å². The van der Waals surface area contributed by atoms with Gasteiger partial charge in [0.05, 0.1) is 24.9 Å². The number of imidazole rings is 1. The number of rotatable bonds is 7. The Morgan fingerprint density at radius 3 is 2.95 bits per heavy atom. The zero-order chi connectivity index (χ0) is 13.5. The molecule has 1 aromatic rings. The summed E-state index contributed by atoms with van der Waals surface area (Å²) >= 11 is 0. The predicted molar refractivity (Wildman–Crippen MR) is 77.5 cm³/mol. The quantitative estimate of drug-likeness (QED) is 0.744. The lowest BCUT2D eigenvalue weighted by Gasteiger charge is -2.12. The van der Waals surface area contributed by atoms with Gasteiger partial charge in [0.2, 0.25) is 0 Å². The van der Waals surface area contributed by atoms with Crippen LogP contribution >= 0.6 is 0 Å². The summed E-state index contributed by atoms with van der Waals surface area (Å²) in [5.41, 5.74) is 0.867. The Morgan fingerprint density at radius 2 is 2.11 bits per heavy atom. The number of anilines is 1. The lowest BCUT2D eigenvalue weighted by molar-refractivity contribution is 0.178. The number of aliphatic imine (C=N–C) groups is 1. The number of nitrogens with zero attached hydrogens (tertiary/aromatic N) is 3. The smallest absolute Gasteiger partial charge is 0.155 e. The van der Waals surface area contributed by atoms with E-state index in [1.807, 2.05) is 6.33 Å². The molecule has 1 aromatic heterocycles. The maximum Gasteiger partial charge on any atom is 0.155 e. The van der Waals surface area contributed by atoms with Gasteiger partial charge in [-0.3, -0.25) is 4.99 Å². The number of aryl methyl sites for hydroxylation is 1. The Hall–Kier alpha value is -1.36. The van der Waals surface area contributed by atoms with Gasteiger partial charge in [-0.2, -0.15) is 0 Å². The van der Waals surface area contributed by atoms with Crippen LogP contribution in [0.2, 0.25) is 0 Å². The molecule has 0 aromatic carbocycles. The van der Waals surface area contributed by atoms with E-state index in [1.54, 1.807) is 6.34 Å². The summed E-state index contributed by atoms with van der Waals surface area (Å²) in [5, 5.41) is 13.1. The van der Waals surface area contributed by atoms with Gasteiger partial charge in [0.15, 0.2) is 5.82 Å². The summed E-state index contributed by atoms with van der Waals surface area (Å²) in [4.78, 5) is 8.37. The van der Waals surface area contributed by atoms with Crippen LogP contribution in [0.25, 0.3) is 0 Å². The van der Waals surface area contributed by atoms with E-state index in [1.165, 1.54) is 32.1 Å². The SMILES string of the molecule is CCCCCCCCn1cnc2c1C(O)CN=CN2. The van der Waals surface area contributed by atoms with Crippen LogP contribution in [0, 0.1) is 0 Å². The average molecular weight is 264 g/mol. The molecule has 1 aliphatic heterocycles. The molecule has 19 heavy (non-hydrogen) atoms. The predicted octanol–water partition coefficient (Wildman–Crippen LogP) is 2.73. The summed E-state index contributed by atoms with van der Waals surface area (Å²) in [5.74, 6) is 0.736. The third kappa shape index (κ3) is 3.80. The Bertz CT molecular complexity index is 414. The van der Waals surface area contributed by atoms with Crippen molar-refractivity contribution in [3.05, 3.63) is 12.0 Å². The van der Waals surface area contributed by atoms with E-state index in [0.717, 1.165) is 24.5 Å². The average Bonchev–Trinajstić information content (AvgIpc) is 2.72. The van der Waals surface area contributed by atoms with E-state index in [2.05, 4.69) is 26.8 Å². The van der Waals surface area contributed by atoms with E-state index in [4.69, 9.17) is 0 Å². The Kier molecular flexibility index (Phi) is 5.39. The Morgan fingerprint density at radius 1 is 1.32 bits per heavy atom. The summed E-state index contributed by atoms with van der Waals surface area (Å²) in [6.45, 7) is 3.56. The normalized spacial score (nSPS) is 17.9. The van der Waals surface area contributed by atoms with Crippen molar-refractivity contribution in [2.24, 2.45) is 4.99 Å². The summed E-state index contributed by atoms with van der Waals surface area (Å²) < 4.78 is 2.06. The van der Waals surface area contributed by atoms with Crippen LogP contribution in [0.5, 0.6) is 0 Å². The second kappa shape index (κ2) is 7.28. The molecule has 0 saturated heterocycles. The Labute approximate surface area is 114 Å². The molecule has 0 amide bonds. The maximum atomic E-state index is 10.1. The third-order valence-corrected chi connectivity index (χ3v) is 3.52. The van der Waals surface area contributed by atoms with Crippen LogP contribution in [0.15, 0.2) is 11.3 Å². The van der Waals surface area contributed by atoms with Gasteiger partial charge in [-0.1, -0.05) is 39.0 Å². The molecule has 0 bridgehead atoms. The van der Waals surface area contributed by atoms with Crippen molar-refractivity contribution in [3.8, 4) is 0 Å². The van der Waals surface area contributed by atoms with Crippen molar-refractivity contribution >= 4 is 12.2 Å². The second-order valence-electron chi connectivity index (χ2n) is 5.09. The molecule has 1 unspecified atom stereocenters. The summed E-state index contributed by atoms with van der Waals surface area (Å²) in [7, 11) is 0. The fourth-order valence-electron chi connectivity index (χ4n) is 2.44. The molecule has 5 nitrogen and oxygen atoms in total. The molecule has 106 valence electrons. The van der Waals surface area contributed by atoms with E-state index in [9.17, 15) is 5.11 Å². The van der Waals surface area contributed by atoms with E-state index < -0.39 is 6.10 Å². The Balaban J connectivity index is 1.83. The lowest BCUT2D eigenvalue weighted by Crippen LogP contribution is -2.10. The number of aromatic nitrogens is 2. The molecule has 1 atom stereocenters. The van der Waals surface area contributed by atoms with Crippen LogP contribution in [-0.4, -0.2) is 27.5 Å². The minimum Gasteiger partial charge on any atom is -0.385 e. The molecule has 2 heterocycles. The van der Waals surface area contributed by atoms with Crippen LogP contribution in [0.3, 0.4) is 0 Å². The van der Waals surface area contributed by atoms with E-state index in [0.29, 0.717) is 6.54 Å². The van der Waals surface area contributed by atoms with Crippen molar-refractivity contribution in [1.82, 2.24) is 9.55 Å². The number of fused-ring (bicyclic) bond motifs is 1.